The van der Waals surface area contributed by atoms with Gasteiger partial charge in [0.2, 0.25) is 10.0 Å². The maximum absolute atomic E-state index is 12.4. The molecule has 0 aliphatic carbocycles. The maximum Gasteiger partial charge on any atom is 0.255 e. The Hall–Kier alpha value is -2.38. The number of hydrogen-bond donors (Lipinski definition) is 2. The van der Waals surface area contributed by atoms with E-state index in [4.69, 9.17) is 4.74 Å². The maximum atomic E-state index is 12.4. The Morgan fingerprint density at radius 2 is 1.79 bits per heavy atom. The second-order valence-electron chi connectivity index (χ2n) is 5.08. The van der Waals surface area contributed by atoms with Crippen molar-refractivity contribution in [3.05, 3.63) is 53.6 Å². The molecule has 0 radical (unpaired) electrons. The molecule has 0 aromatic heterocycles. The predicted octanol–water partition coefficient (Wildman–Crippen LogP) is 2.42. The average molecular weight is 348 g/mol. The van der Waals surface area contributed by atoms with Crippen molar-refractivity contribution in [1.29, 1.82) is 0 Å². The molecule has 0 fully saturated rings. The first-order chi connectivity index (χ1) is 11.4. The standard InChI is InChI=1S/C17H20N2O4S/c1-4-12-5-8-14(9-6-12)19-17(20)13-7-10-15(23-3)16(11-13)24(21,22)18-2/h5-11,18H,4H2,1-3H3,(H,19,20). The Balaban J connectivity index is 2.30. The van der Waals surface area contributed by atoms with Crippen LogP contribution < -0.4 is 14.8 Å². The first-order valence-electron chi connectivity index (χ1n) is 7.43. The zero-order valence-electron chi connectivity index (χ0n) is 13.8. The van der Waals surface area contributed by atoms with Gasteiger partial charge < -0.3 is 10.1 Å². The fourth-order valence-electron chi connectivity index (χ4n) is 2.16. The number of rotatable bonds is 6. The Labute approximate surface area is 141 Å². The lowest BCUT2D eigenvalue weighted by atomic mass is 10.1. The van der Waals surface area contributed by atoms with Gasteiger partial charge in [0, 0.05) is 11.3 Å². The van der Waals surface area contributed by atoms with E-state index in [2.05, 4.69) is 17.0 Å². The predicted molar refractivity (Wildman–Crippen MR) is 93.0 cm³/mol. The molecule has 24 heavy (non-hydrogen) atoms. The van der Waals surface area contributed by atoms with Crippen LogP contribution in [0.5, 0.6) is 5.75 Å². The van der Waals surface area contributed by atoms with Gasteiger partial charge in [-0.25, -0.2) is 13.1 Å². The summed E-state index contributed by atoms with van der Waals surface area (Å²) in [6, 6.07) is 11.8. The Morgan fingerprint density at radius 3 is 2.33 bits per heavy atom. The third kappa shape index (κ3) is 3.93. The summed E-state index contributed by atoms with van der Waals surface area (Å²) in [5.41, 5.74) is 2.04. The van der Waals surface area contributed by atoms with Crippen molar-refractivity contribution < 1.29 is 17.9 Å². The van der Waals surface area contributed by atoms with E-state index in [0.717, 1.165) is 6.42 Å². The van der Waals surface area contributed by atoms with Gasteiger partial charge in [0.1, 0.15) is 10.6 Å². The number of amides is 1. The molecule has 0 spiro atoms. The van der Waals surface area contributed by atoms with Crippen LogP contribution in [0.15, 0.2) is 47.4 Å². The van der Waals surface area contributed by atoms with E-state index in [-0.39, 0.29) is 16.2 Å². The van der Waals surface area contributed by atoms with Gasteiger partial charge in [0.15, 0.2) is 0 Å². The summed E-state index contributed by atoms with van der Waals surface area (Å²) < 4.78 is 31.4. The minimum Gasteiger partial charge on any atom is -0.495 e. The summed E-state index contributed by atoms with van der Waals surface area (Å²) in [5, 5.41) is 2.75. The molecule has 0 saturated heterocycles. The minimum absolute atomic E-state index is 0.0820. The molecule has 128 valence electrons. The first-order valence-corrected chi connectivity index (χ1v) is 8.91. The topological polar surface area (TPSA) is 84.5 Å². The molecule has 0 heterocycles. The number of nitrogens with one attached hydrogen (secondary N) is 2. The second kappa shape index (κ2) is 7.46. The molecular weight excluding hydrogens is 328 g/mol. The van der Waals surface area contributed by atoms with Crippen molar-refractivity contribution in [1.82, 2.24) is 4.72 Å². The van der Waals surface area contributed by atoms with E-state index in [0.29, 0.717) is 5.69 Å². The van der Waals surface area contributed by atoms with Gasteiger partial charge in [0.25, 0.3) is 5.91 Å². The molecule has 2 rings (SSSR count). The fourth-order valence-corrected chi connectivity index (χ4v) is 3.08. The molecule has 0 unspecified atom stereocenters. The molecule has 0 aliphatic rings. The lowest BCUT2D eigenvalue weighted by molar-refractivity contribution is 0.102. The van der Waals surface area contributed by atoms with E-state index in [9.17, 15) is 13.2 Å². The summed E-state index contributed by atoms with van der Waals surface area (Å²) >= 11 is 0. The van der Waals surface area contributed by atoms with Crippen LogP contribution in [-0.4, -0.2) is 28.5 Å². The van der Waals surface area contributed by atoms with Crippen LogP contribution in [0, 0.1) is 0 Å². The zero-order chi connectivity index (χ0) is 17.7. The summed E-state index contributed by atoms with van der Waals surface area (Å²) in [7, 11) is -1.06. The Morgan fingerprint density at radius 1 is 1.12 bits per heavy atom. The number of carbonyl (C=O) groups is 1. The van der Waals surface area contributed by atoms with Gasteiger partial charge in [-0.1, -0.05) is 19.1 Å². The molecule has 2 N–H and O–H groups in total. The van der Waals surface area contributed by atoms with Gasteiger partial charge in [-0.15, -0.1) is 0 Å². The van der Waals surface area contributed by atoms with Crippen LogP contribution in [0.25, 0.3) is 0 Å². The number of anilines is 1. The highest BCUT2D eigenvalue weighted by atomic mass is 32.2. The molecule has 0 saturated carbocycles. The number of carbonyl (C=O) groups excluding carboxylic acids is 1. The molecular formula is C17H20N2O4S. The fraction of sp³-hybridized carbons (Fsp3) is 0.235. The van der Waals surface area contributed by atoms with E-state index in [1.807, 2.05) is 24.3 Å². The first kappa shape index (κ1) is 18.0. The molecule has 7 heteroatoms. The summed E-state index contributed by atoms with van der Waals surface area (Å²) in [4.78, 5) is 12.3. The number of aryl methyl sites for hydroxylation is 1. The monoisotopic (exact) mass is 348 g/mol. The minimum atomic E-state index is -3.73. The summed E-state index contributed by atoms with van der Waals surface area (Å²) in [5.74, 6) is -0.220. The highest BCUT2D eigenvalue weighted by Crippen LogP contribution is 2.25. The van der Waals surface area contributed by atoms with Gasteiger partial charge >= 0.3 is 0 Å². The van der Waals surface area contributed by atoms with Crippen LogP contribution in [0.1, 0.15) is 22.8 Å². The van der Waals surface area contributed by atoms with Gasteiger partial charge in [-0.2, -0.15) is 0 Å². The number of methoxy groups -OCH3 is 1. The van der Waals surface area contributed by atoms with Crippen LogP contribution >= 0.6 is 0 Å². The van der Waals surface area contributed by atoms with Crippen LogP contribution in [0.4, 0.5) is 5.69 Å². The third-order valence-corrected chi connectivity index (χ3v) is 5.04. The smallest absolute Gasteiger partial charge is 0.255 e. The molecule has 2 aromatic carbocycles. The Bertz CT molecular complexity index is 830. The van der Waals surface area contributed by atoms with Crippen LogP contribution in [0.3, 0.4) is 0 Å². The quantitative estimate of drug-likeness (QED) is 0.840. The molecule has 1 amide bonds. The van der Waals surface area contributed by atoms with Crippen LogP contribution in [-0.2, 0) is 16.4 Å². The van der Waals surface area contributed by atoms with Crippen molar-refractivity contribution in [2.75, 3.05) is 19.5 Å². The van der Waals surface area contributed by atoms with Gasteiger partial charge in [-0.3, -0.25) is 4.79 Å². The Kier molecular flexibility index (Phi) is 5.58. The summed E-state index contributed by atoms with van der Waals surface area (Å²) in [6.07, 6.45) is 0.915. The molecule has 0 atom stereocenters. The number of hydrogen-bond acceptors (Lipinski definition) is 4. The van der Waals surface area contributed by atoms with Crippen molar-refractivity contribution >= 4 is 21.6 Å². The lowest BCUT2D eigenvalue weighted by Crippen LogP contribution is -2.20. The van der Waals surface area contributed by atoms with Crippen LogP contribution in [0.2, 0.25) is 0 Å². The normalized spacial score (nSPS) is 11.1. The third-order valence-electron chi connectivity index (χ3n) is 3.60. The van der Waals surface area contributed by atoms with Crippen molar-refractivity contribution in [2.45, 2.75) is 18.2 Å². The van der Waals surface area contributed by atoms with E-state index in [1.165, 1.54) is 37.9 Å². The van der Waals surface area contributed by atoms with E-state index in [1.54, 1.807) is 0 Å². The molecule has 0 aliphatic heterocycles. The van der Waals surface area contributed by atoms with E-state index < -0.39 is 15.9 Å². The van der Waals surface area contributed by atoms with Crippen molar-refractivity contribution in [3.63, 3.8) is 0 Å². The molecule has 0 bridgehead atoms. The highest BCUT2D eigenvalue weighted by Gasteiger charge is 2.20. The molecule has 6 nitrogen and oxygen atoms in total. The van der Waals surface area contributed by atoms with Crippen molar-refractivity contribution in [3.8, 4) is 5.75 Å². The van der Waals surface area contributed by atoms with Crippen molar-refractivity contribution in [2.24, 2.45) is 0 Å². The molecule has 2 aromatic rings. The van der Waals surface area contributed by atoms with Gasteiger partial charge in [0.05, 0.1) is 7.11 Å². The second-order valence-corrected chi connectivity index (χ2v) is 6.93. The lowest BCUT2D eigenvalue weighted by Gasteiger charge is -2.11. The number of ether oxygens (including phenoxy) is 1. The largest absolute Gasteiger partial charge is 0.495 e. The SMILES string of the molecule is CCc1ccc(NC(=O)c2ccc(OC)c(S(=O)(=O)NC)c2)cc1. The number of benzene rings is 2. The summed E-state index contributed by atoms with van der Waals surface area (Å²) in [6.45, 7) is 2.05. The van der Waals surface area contributed by atoms with E-state index >= 15 is 0 Å². The highest BCUT2D eigenvalue weighted by molar-refractivity contribution is 7.89. The zero-order valence-corrected chi connectivity index (χ0v) is 14.6. The average Bonchev–Trinajstić information content (AvgIpc) is 2.61. The van der Waals surface area contributed by atoms with Gasteiger partial charge in [-0.05, 0) is 49.4 Å². The number of sulfonamides is 1.